The number of esters is 1. The Balaban J connectivity index is 1.48. The lowest BCUT2D eigenvalue weighted by molar-refractivity contribution is -0.145. The fourth-order valence-corrected chi connectivity index (χ4v) is 4.40. The van der Waals surface area contributed by atoms with E-state index in [1.165, 1.54) is 31.3 Å². The zero-order chi connectivity index (χ0) is 21.5. The van der Waals surface area contributed by atoms with E-state index in [1.807, 2.05) is 0 Å². The number of nitrogens with one attached hydrogen (secondary N) is 1. The Hall–Kier alpha value is -2.12. The summed E-state index contributed by atoms with van der Waals surface area (Å²) in [4.78, 5) is 23.6. The topological polar surface area (TPSA) is 60.4 Å². The zero-order valence-electron chi connectivity index (χ0n) is 18.9. The second-order valence-electron chi connectivity index (χ2n) is 8.44. The van der Waals surface area contributed by atoms with Gasteiger partial charge in [-0.3, -0.25) is 14.7 Å². The summed E-state index contributed by atoms with van der Waals surface area (Å²) in [5.74, 6) is 0.875. The highest BCUT2D eigenvalue weighted by molar-refractivity contribution is 5.82. The summed E-state index contributed by atoms with van der Waals surface area (Å²) in [6.45, 7) is 13.3. The molecule has 2 aliphatic heterocycles. The molecule has 2 fully saturated rings. The van der Waals surface area contributed by atoms with E-state index >= 15 is 0 Å². The van der Waals surface area contributed by atoms with Crippen molar-refractivity contribution in [3.8, 4) is 0 Å². The molecule has 2 aliphatic rings. The van der Waals surface area contributed by atoms with Crippen LogP contribution in [0.3, 0.4) is 0 Å². The van der Waals surface area contributed by atoms with Crippen molar-refractivity contribution in [1.82, 2.24) is 20.0 Å². The maximum Gasteiger partial charge on any atom is 0.310 e. The van der Waals surface area contributed by atoms with E-state index in [0.29, 0.717) is 6.54 Å². The SMILES string of the molecule is CCN1CCN(Cc2ccc(CNC(=NC)N3CC(C)C(C(=O)OC)C3)cc2)CC1. The number of hydrogen-bond acceptors (Lipinski definition) is 5. The number of guanidine groups is 1. The highest BCUT2D eigenvalue weighted by Crippen LogP contribution is 2.24. The van der Waals surface area contributed by atoms with Crippen LogP contribution in [-0.2, 0) is 22.6 Å². The molecule has 166 valence electrons. The van der Waals surface area contributed by atoms with Gasteiger partial charge in [0.25, 0.3) is 0 Å². The molecule has 2 unspecified atom stereocenters. The molecule has 0 bridgehead atoms. The highest BCUT2D eigenvalue weighted by Gasteiger charge is 2.36. The molecule has 30 heavy (non-hydrogen) atoms. The first-order valence-corrected chi connectivity index (χ1v) is 11.1. The van der Waals surface area contributed by atoms with Crippen molar-refractivity contribution in [3.05, 3.63) is 35.4 Å². The third kappa shape index (κ3) is 5.73. The zero-order valence-corrected chi connectivity index (χ0v) is 18.9. The van der Waals surface area contributed by atoms with Crippen LogP contribution >= 0.6 is 0 Å². The number of rotatable bonds is 6. The maximum atomic E-state index is 12.0. The third-order valence-electron chi connectivity index (χ3n) is 6.42. The average Bonchev–Trinajstić information content (AvgIpc) is 3.16. The van der Waals surface area contributed by atoms with Gasteiger partial charge in [-0.1, -0.05) is 38.1 Å². The van der Waals surface area contributed by atoms with Gasteiger partial charge in [0.15, 0.2) is 5.96 Å². The Labute approximate surface area is 181 Å². The number of benzene rings is 1. The Morgan fingerprint density at radius 1 is 1.10 bits per heavy atom. The van der Waals surface area contributed by atoms with Crippen LogP contribution < -0.4 is 5.32 Å². The fourth-order valence-electron chi connectivity index (χ4n) is 4.40. The first-order chi connectivity index (χ1) is 14.5. The molecule has 0 aromatic heterocycles. The van der Waals surface area contributed by atoms with Crippen LogP contribution in [0.1, 0.15) is 25.0 Å². The Morgan fingerprint density at radius 2 is 1.73 bits per heavy atom. The molecule has 1 aromatic rings. The van der Waals surface area contributed by atoms with Gasteiger partial charge >= 0.3 is 5.97 Å². The van der Waals surface area contributed by atoms with Crippen LogP contribution in [0.5, 0.6) is 0 Å². The molecule has 7 heteroatoms. The second kappa shape index (κ2) is 10.8. The van der Waals surface area contributed by atoms with E-state index < -0.39 is 0 Å². The number of nitrogens with zero attached hydrogens (tertiary/aromatic N) is 4. The van der Waals surface area contributed by atoms with Gasteiger partial charge in [-0.2, -0.15) is 0 Å². The maximum absolute atomic E-state index is 12.0. The van der Waals surface area contributed by atoms with Crippen LogP contribution in [0, 0.1) is 11.8 Å². The van der Waals surface area contributed by atoms with Crippen molar-refractivity contribution >= 4 is 11.9 Å². The van der Waals surface area contributed by atoms with Crippen LogP contribution in [0.15, 0.2) is 29.3 Å². The van der Waals surface area contributed by atoms with Crippen LogP contribution in [0.25, 0.3) is 0 Å². The van der Waals surface area contributed by atoms with Crippen molar-refractivity contribution in [1.29, 1.82) is 0 Å². The normalized spacial score (nSPS) is 23.6. The molecule has 1 N–H and O–H groups in total. The second-order valence-corrected chi connectivity index (χ2v) is 8.44. The monoisotopic (exact) mass is 415 g/mol. The standard InChI is InChI=1S/C23H37N5O2/c1-5-26-10-12-27(13-11-26)16-20-8-6-19(7-9-20)14-25-23(24-3)28-15-18(2)21(17-28)22(29)30-4/h6-9,18,21H,5,10-17H2,1-4H3,(H,24,25). The molecule has 7 nitrogen and oxygen atoms in total. The lowest BCUT2D eigenvalue weighted by Crippen LogP contribution is -2.45. The van der Waals surface area contributed by atoms with Gasteiger partial charge in [0.2, 0.25) is 0 Å². The minimum absolute atomic E-state index is 0.0907. The third-order valence-corrected chi connectivity index (χ3v) is 6.42. The average molecular weight is 416 g/mol. The van der Waals surface area contributed by atoms with Crippen molar-refractivity contribution in [2.24, 2.45) is 16.8 Å². The van der Waals surface area contributed by atoms with Crippen LogP contribution in [-0.4, -0.2) is 86.6 Å². The summed E-state index contributed by atoms with van der Waals surface area (Å²) >= 11 is 0. The first kappa shape index (κ1) is 22.6. The number of ether oxygens (including phenoxy) is 1. The summed E-state index contributed by atoms with van der Waals surface area (Å²) in [6, 6.07) is 8.86. The Morgan fingerprint density at radius 3 is 2.33 bits per heavy atom. The number of piperazine rings is 1. The predicted molar refractivity (Wildman–Crippen MR) is 120 cm³/mol. The van der Waals surface area contributed by atoms with E-state index in [0.717, 1.165) is 45.2 Å². The fraction of sp³-hybridized carbons (Fsp3) is 0.652. The molecule has 1 aromatic carbocycles. The molecule has 0 radical (unpaired) electrons. The molecule has 2 saturated heterocycles. The van der Waals surface area contributed by atoms with Crippen LogP contribution in [0.2, 0.25) is 0 Å². The summed E-state index contributed by atoms with van der Waals surface area (Å²) in [5.41, 5.74) is 2.59. The minimum atomic E-state index is -0.132. The molecular weight excluding hydrogens is 378 g/mol. The smallest absolute Gasteiger partial charge is 0.310 e. The number of carbonyl (C=O) groups excluding carboxylic acids is 1. The van der Waals surface area contributed by atoms with E-state index in [1.54, 1.807) is 7.05 Å². The van der Waals surface area contributed by atoms with Crippen molar-refractivity contribution < 1.29 is 9.53 Å². The van der Waals surface area contributed by atoms with E-state index in [4.69, 9.17) is 4.74 Å². The van der Waals surface area contributed by atoms with Gasteiger partial charge in [0.1, 0.15) is 0 Å². The quantitative estimate of drug-likeness (QED) is 0.433. The van der Waals surface area contributed by atoms with E-state index in [2.05, 4.69) is 63.1 Å². The number of aliphatic imine (C=N–C) groups is 1. The first-order valence-electron chi connectivity index (χ1n) is 11.1. The lowest BCUT2D eigenvalue weighted by atomic mass is 9.99. The number of hydrogen-bond donors (Lipinski definition) is 1. The van der Waals surface area contributed by atoms with Gasteiger partial charge in [-0.25, -0.2) is 0 Å². The summed E-state index contributed by atoms with van der Waals surface area (Å²) in [6.07, 6.45) is 0. The molecule has 0 saturated carbocycles. The number of likely N-dealkylation sites (N-methyl/N-ethyl adjacent to an activating group) is 1. The molecule has 2 atom stereocenters. The van der Waals surface area contributed by atoms with Gasteiger partial charge in [0, 0.05) is 59.4 Å². The van der Waals surface area contributed by atoms with Gasteiger partial charge in [-0.15, -0.1) is 0 Å². The largest absolute Gasteiger partial charge is 0.469 e. The van der Waals surface area contributed by atoms with Crippen molar-refractivity contribution in [3.63, 3.8) is 0 Å². The Kier molecular flexibility index (Phi) is 8.10. The summed E-state index contributed by atoms with van der Waals surface area (Å²) in [5, 5.41) is 3.45. The van der Waals surface area contributed by atoms with Crippen LogP contribution in [0.4, 0.5) is 0 Å². The van der Waals surface area contributed by atoms with E-state index in [-0.39, 0.29) is 17.8 Å². The van der Waals surface area contributed by atoms with E-state index in [9.17, 15) is 4.79 Å². The van der Waals surface area contributed by atoms with Crippen molar-refractivity contribution in [2.75, 3.05) is 60.0 Å². The molecule has 0 amide bonds. The van der Waals surface area contributed by atoms with Gasteiger partial charge in [0.05, 0.1) is 13.0 Å². The molecular formula is C23H37N5O2. The number of likely N-dealkylation sites (tertiary alicyclic amines) is 1. The summed E-state index contributed by atoms with van der Waals surface area (Å²) in [7, 11) is 3.25. The van der Waals surface area contributed by atoms with Gasteiger partial charge in [-0.05, 0) is 23.6 Å². The molecule has 2 heterocycles. The molecule has 0 aliphatic carbocycles. The number of methoxy groups -OCH3 is 1. The lowest BCUT2D eigenvalue weighted by Gasteiger charge is -2.34. The molecule has 0 spiro atoms. The minimum Gasteiger partial charge on any atom is -0.469 e. The number of carbonyl (C=O) groups is 1. The summed E-state index contributed by atoms with van der Waals surface area (Å²) < 4.78 is 4.94. The Bertz CT molecular complexity index is 713. The van der Waals surface area contributed by atoms with Crippen molar-refractivity contribution in [2.45, 2.75) is 26.9 Å². The predicted octanol–water partition coefficient (Wildman–Crippen LogP) is 1.64. The van der Waals surface area contributed by atoms with Gasteiger partial charge < -0.3 is 19.9 Å². The highest BCUT2D eigenvalue weighted by atomic mass is 16.5. The molecule has 3 rings (SSSR count).